The van der Waals surface area contributed by atoms with Crippen molar-refractivity contribution in [3.05, 3.63) is 29.3 Å². The summed E-state index contributed by atoms with van der Waals surface area (Å²) in [6.45, 7) is 1.86. The van der Waals surface area contributed by atoms with E-state index in [1.54, 1.807) is 12.1 Å². The van der Waals surface area contributed by atoms with Gasteiger partial charge in [0.2, 0.25) is 0 Å². The van der Waals surface area contributed by atoms with Gasteiger partial charge in [0.15, 0.2) is 0 Å². The van der Waals surface area contributed by atoms with E-state index in [1.807, 2.05) is 6.92 Å². The number of aryl methyl sites for hydroxylation is 1. The minimum atomic E-state index is -0.0825. The first-order valence-electron chi connectivity index (χ1n) is 4.77. The van der Waals surface area contributed by atoms with Crippen LogP contribution in [-0.4, -0.2) is 17.1 Å². The number of carbonyl (C=O) groups is 1. The average Bonchev–Trinajstić information content (AvgIpc) is 2.93. The Morgan fingerprint density at radius 3 is 2.86 bits per heavy atom. The van der Waals surface area contributed by atoms with Crippen molar-refractivity contribution < 1.29 is 9.90 Å². The molecule has 0 spiro atoms. The van der Waals surface area contributed by atoms with Gasteiger partial charge in [-0.15, -0.1) is 0 Å². The molecule has 1 aromatic rings. The number of aromatic hydroxyl groups is 1. The molecule has 2 rings (SSSR count). The Balaban J connectivity index is 2.20. The van der Waals surface area contributed by atoms with Gasteiger partial charge in [-0.05, 0) is 37.5 Å². The Kier molecular flexibility index (Phi) is 2.15. The van der Waals surface area contributed by atoms with E-state index in [4.69, 9.17) is 0 Å². The summed E-state index contributed by atoms with van der Waals surface area (Å²) in [5.74, 6) is 0.0532. The predicted molar refractivity (Wildman–Crippen MR) is 53.3 cm³/mol. The van der Waals surface area contributed by atoms with Crippen molar-refractivity contribution in [3.63, 3.8) is 0 Å². The van der Waals surface area contributed by atoms with Gasteiger partial charge in [-0.3, -0.25) is 4.79 Å². The largest absolute Gasteiger partial charge is 0.508 e. The van der Waals surface area contributed by atoms with Crippen molar-refractivity contribution in [3.8, 4) is 5.75 Å². The van der Waals surface area contributed by atoms with Crippen LogP contribution in [0.3, 0.4) is 0 Å². The van der Waals surface area contributed by atoms with Crippen LogP contribution in [0.5, 0.6) is 5.75 Å². The second kappa shape index (κ2) is 3.33. The Hall–Kier alpha value is -1.51. The van der Waals surface area contributed by atoms with Gasteiger partial charge < -0.3 is 10.4 Å². The molecular weight excluding hydrogens is 178 g/mol. The molecule has 1 aliphatic rings. The van der Waals surface area contributed by atoms with Crippen molar-refractivity contribution >= 4 is 5.91 Å². The molecule has 74 valence electrons. The summed E-state index contributed by atoms with van der Waals surface area (Å²) in [4.78, 5) is 11.6. The smallest absolute Gasteiger partial charge is 0.251 e. The Labute approximate surface area is 82.8 Å². The van der Waals surface area contributed by atoms with Crippen LogP contribution in [-0.2, 0) is 0 Å². The summed E-state index contributed by atoms with van der Waals surface area (Å²) < 4.78 is 0. The van der Waals surface area contributed by atoms with Crippen LogP contribution in [0.4, 0.5) is 0 Å². The summed E-state index contributed by atoms with van der Waals surface area (Å²) in [5, 5.41) is 12.1. The SMILES string of the molecule is Cc1ccc(O)cc1C(=O)NC1CC1. The molecule has 0 unspecified atom stereocenters. The van der Waals surface area contributed by atoms with Gasteiger partial charge in [0.05, 0.1) is 0 Å². The summed E-state index contributed by atoms with van der Waals surface area (Å²) in [7, 11) is 0. The van der Waals surface area contributed by atoms with Gasteiger partial charge in [0.1, 0.15) is 5.75 Å². The molecule has 14 heavy (non-hydrogen) atoms. The molecule has 3 heteroatoms. The molecular formula is C11H13NO2. The minimum absolute atomic E-state index is 0.0825. The number of nitrogens with one attached hydrogen (secondary N) is 1. The molecule has 0 atom stereocenters. The van der Waals surface area contributed by atoms with Crippen molar-refractivity contribution in [1.29, 1.82) is 0 Å². The highest BCUT2D eigenvalue weighted by Crippen LogP contribution is 2.21. The van der Waals surface area contributed by atoms with E-state index >= 15 is 0 Å². The molecule has 1 fully saturated rings. The molecule has 0 bridgehead atoms. The Morgan fingerprint density at radius 1 is 1.50 bits per heavy atom. The van der Waals surface area contributed by atoms with Crippen molar-refractivity contribution in [2.45, 2.75) is 25.8 Å². The number of rotatable bonds is 2. The van der Waals surface area contributed by atoms with Gasteiger partial charge in [-0.2, -0.15) is 0 Å². The maximum atomic E-state index is 11.6. The van der Waals surface area contributed by atoms with E-state index in [9.17, 15) is 9.90 Å². The van der Waals surface area contributed by atoms with Crippen LogP contribution >= 0.6 is 0 Å². The van der Waals surface area contributed by atoms with Crippen molar-refractivity contribution in [1.82, 2.24) is 5.32 Å². The second-order valence-corrected chi connectivity index (χ2v) is 3.75. The first-order chi connectivity index (χ1) is 6.66. The molecule has 0 heterocycles. The lowest BCUT2D eigenvalue weighted by Crippen LogP contribution is -2.25. The summed E-state index contributed by atoms with van der Waals surface area (Å²) in [6, 6.07) is 5.19. The van der Waals surface area contributed by atoms with E-state index in [0.29, 0.717) is 11.6 Å². The van der Waals surface area contributed by atoms with Crippen molar-refractivity contribution in [2.75, 3.05) is 0 Å². The molecule has 1 saturated carbocycles. The van der Waals surface area contributed by atoms with Gasteiger partial charge in [-0.25, -0.2) is 0 Å². The zero-order chi connectivity index (χ0) is 10.1. The van der Waals surface area contributed by atoms with Crippen LogP contribution in [0, 0.1) is 6.92 Å². The summed E-state index contributed by atoms with van der Waals surface area (Å²) >= 11 is 0. The van der Waals surface area contributed by atoms with Crippen LogP contribution in [0.2, 0.25) is 0 Å². The first-order valence-corrected chi connectivity index (χ1v) is 4.77. The number of benzene rings is 1. The van der Waals surface area contributed by atoms with Gasteiger partial charge in [-0.1, -0.05) is 6.07 Å². The summed E-state index contributed by atoms with van der Waals surface area (Å²) in [6.07, 6.45) is 2.15. The number of amides is 1. The number of carbonyl (C=O) groups excluding carboxylic acids is 1. The highest BCUT2D eigenvalue weighted by Gasteiger charge is 2.24. The van der Waals surface area contributed by atoms with Crippen LogP contribution in [0.15, 0.2) is 18.2 Å². The molecule has 0 aromatic heterocycles. The lowest BCUT2D eigenvalue weighted by molar-refractivity contribution is 0.0950. The molecule has 3 nitrogen and oxygen atoms in total. The Morgan fingerprint density at radius 2 is 2.21 bits per heavy atom. The van der Waals surface area contributed by atoms with Crippen molar-refractivity contribution in [2.24, 2.45) is 0 Å². The number of phenols is 1. The minimum Gasteiger partial charge on any atom is -0.508 e. The third kappa shape index (κ3) is 1.87. The van der Waals surface area contributed by atoms with Crippen LogP contribution in [0.1, 0.15) is 28.8 Å². The quantitative estimate of drug-likeness (QED) is 0.745. The lowest BCUT2D eigenvalue weighted by Gasteiger charge is -2.06. The third-order valence-electron chi connectivity index (χ3n) is 2.38. The van der Waals surface area contributed by atoms with Gasteiger partial charge in [0, 0.05) is 11.6 Å². The molecule has 1 aliphatic carbocycles. The van der Waals surface area contributed by atoms with Crippen LogP contribution < -0.4 is 5.32 Å². The molecule has 2 N–H and O–H groups in total. The monoisotopic (exact) mass is 191 g/mol. The second-order valence-electron chi connectivity index (χ2n) is 3.75. The van der Waals surface area contributed by atoms with E-state index in [1.165, 1.54) is 6.07 Å². The number of phenolic OH excluding ortho intramolecular Hbond substituents is 1. The highest BCUT2D eigenvalue weighted by atomic mass is 16.3. The standard InChI is InChI=1S/C11H13NO2/c1-7-2-5-9(13)6-10(7)11(14)12-8-3-4-8/h2,5-6,8,13H,3-4H2,1H3,(H,12,14). The van der Waals surface area contributed by atoms with E-state index in [0.717, 1.165) is 18.4 Å². The topological polar surface area (TPSA) is 49.3 Å². The molecule has 1 aromatic carbocycles. The maximum Gasteiger partial charge on any atom is 0.251 e. The predicted octanol–water partition coefficient (Wildman–Crippen LogP) is 1.59. The fourth-order valence-corrected chi connectivity index (χ4v) is 1.35. The van der Waals surface area contributed by atoms with E-state index in [2.05, 4.69) is 5.32 Å². The molecule has 0 radical (unpaired) electrons. The molecule has 1 amide bonds. The third-order valence-corrected chi connectivity index (χ3v) is 2.38. The number of hydrogen-bond acceptors (Lipinski definition) is 2. The first kappa shape index (κ1) is 9.06. The number of hydrogen-bond donors (Lipinski definition) is 2. The van der Waals surface area contributed by atoms with Gasteiger partial charge >= 0.3 is 0 Å². The van der Waals surface area contributed by atoms with E-state index in [-0.39, 0.29) is 11.7 Å². The zero-order valence-electron chi connectivity index (χ0n) is 8.08. The zero-order valence-corrected chi connectivity index (χ0v) is 8.08. The average molecular weight is 191 g/mol. The lowest BCUT2D eigenvalue weighted by atomic mass is 10.1. The normalized spacial score (nSPS) is 15.2. The van der Waals surface area contributed by atoms with Gasteiger partial charge in [0.25, 0.3) is 5.91 Å². The fraction of sp³-hybridized carbons (Fsp3) is 0.364. The fourth-order valence-electron chi connectivity index (χ4n) is 1.35. The summed E-state index contributed by atoms with van der Waals surface area (Å²) in [5.41, 5.74) is 1.46. The van der Waals surface area contributed by atoms with Crippen LogP contribution in [0.25, 0.3) is 0 Å². The highest BCUT2D eigenvalue weighted by molar-refractivity contribution is 5.96. The Bertz CT molecular complexity index is 370. The maximum absolute atomic E-state index is 11.6. The van der Waals surface area contributed by atoms with E-state index < -0.39 is 0 Å². The molecule has 0 aliphatic heterocycles. The molecule has 0 saturated heterocycles.